The smallest absolute Gasteiger partial charge is 0.0108 e. The second-order valence-corrected chi connectivity index (χ2v) is 6.53. The van der Waals surface area contributed by atoms with Crippen molar-refractivity contribution in [2.45, 2.75) is 71.8 Å². The highest BCUT2D eigenvalue weighted by Gasteiger charge is 2.29. The molecule has 0 aliphatic heterocycles. The maximum atomic E-state index is 6.43. The summed E-state index contributed by atoms with van der Waals surface area (Å²) in [6, 6.07) is 5.08. The Morgan fingerprint density at radius 2 is 1.74 bits per heavy atom. The number of hydrogen-bond acceptors (Lipinski definition) is 1. The molecule has 1 saturated carbocycles. The number of nitrogens with two attached hydrogens (primary N) is 1. The van der Waals surface area contributed by atoms with Crippen LogP contribution in [-0.4, -0.2) is 6.04 Å². The van der Waals surface area contributed by atoms with Crippen LogP contribution >= 0.6 is 0 Å². The lowest BCUT2D eigenvalue weighted by atomic mass is 9.72. The summed E-state index contributed by atoms with van der Waals surface area (Å²) in [4.78, 5) is 0. The van der Waals surface area contributed by atoms with Crippen LogP contribution in [0.3, 0.4) is 0 Å². The summed E-state index contributed by atoms with van der Waals surface area (Å²) in [5.74, 6) is 1.46. The molecule has 0 saturated heterocycles. The van der Waals surface area contributed by atoms with Crippen molar-refractivity contribution in [1.29, 1.82) is 0 Å². The molecule has 1 aromatic carbocycles. The minimum absolute atomic E-state index is 0.355. The second-order valence-electron chi connectivity index (χ2n) is 6.53. The van der Waals surface area contributed by atoms with Crippen LogP contribution in [0.25, 0.3) is 0 Å². The fourth-order valence-corrected chi connectivity index (χ4v) is 3.69. The first kappa shape index (κ1) is 14.6. The van der Waals surface area contributed by atoms with Gasteiger partial charge in [0, 0.05) is 6.04 Å². The van der Waals surface area contributed by atoms with E-state index in [0.29, 0.717) is 12.0 Å². The van der Waals surface area contributed by atoms with Crippen molar-refractivity contribution in [3.05, 3.63) is 34.4 Å². The molecule has 0 radical (unpaired) electrons. The Hall–Kier alpha value is -0.820. The van der Waals surface area contributed by atoms with Crippen molar-refractivity contribution in [2.75, 3.05) is 0 Å². The van der Waals surface area contributed by atoms with Gasteiger partial charge in [0.1, 0.15) is 0 Å². The third-order valence-electron chi connectivity index (χ3n) is 4.99. The van der Waals surface area contributed by atoms with Gasteiger partial charge in [-0.1, -0.05) is 31.9 Å². The highest BCUT2D eigenvalue weighted by Crippen LogP contribution is 2.39. The Morgan fingerprint density at radius 1 is 1.05 bits per heavy atom. The topological polar surface area (TPSA) is 26.0 Å². The summed E-state index contributed by atoms with van der Waals surface area (Å²) >= 11 is 0. The maximum Gasteiger partial charge on any atom is 0.0108 e. The molecule has 2 rings (SSSR count). The number of aryl methyl sites for hydroxylation is 3. The van der Waals surface area contributed by atoms with Crippen LogP contribution in [0.1, 0.15) is 67.2 Å². The minimum Gasteiger partial charge on any atom is -0.327 e. The molecule has 0 spiro atoms. The van der Waals surface area contributed by atoms with Crippen LogP contribution in [-0.2, 0) is 0 Å². The SMILES string of the molecule is CCCC1CCC(N)C(c2cc(C)c(C)cc2C)C1. The quantitative estimate of drug-likeness (QED) is 0.842. The Bertz CT molecular complexity index is 436. The van der Waals surface area contributed by atoms with Gasteiger partial charge in [0.25, 0.3) is 0 Å². The van der Waals surface area contributed by atoms with E-state index in [1.807, 2.05) is 0 Å². The van der Waals surface area contributed by atoms with Gasteiger partial charge in [-0.25, -0.2) is 0 Å². The first-order valence-corrected chi connectivity index (χ1v) is 7.86. The predicted molar refractivity (Wildman–Crippen MR) is 83.6 cm³/mol. The zero-order valence-corrected chi connectivity index (χ0v) is 13.0. The summed E-state index contributed by atoms with van der Waals surface area (Å²) in [6.45, 7) is 8.96. The molecule has 3 atom stereocenters. The van der Waals surface area contributed by atoms with E-state index in [1.165, 1.54) is 54.4 Å². The van der Waals surface area contributed by atoms with Gasteiger partial charge in [-0.15, -0.1) is 0 Å². The zero-order valence-electron chi connectivity index (χ0n) is 13.0. The van der Waals surface area contributed by atoms with E-state index >= 15 is 0 Å². The van der Waals surface area contributed by atoms with Gasteiger partial charge in [0.15, 0.2) is 0 Å². The van der Waals surface area contributed by atoms with Gasteiger partial charge < -0.3 is 5.73 Å². The lowest BCUT2D eigenvalue weighted by molar-refractivity contribution is 0.274. The lowest BCUT2D eigenvalue weighted by Crippen LogP contribution is -2.35. The Kier molecular flexibility index (Phi) is 4.67. The predicted octanol–water partition coefficient (Wildman–Crippen LogP) is 4.62. The van der Waals surface area contributed by atoms with Gasteiger partial charge in [-0.2, -0.15) is 0 Å². The van der Waals surface area contributed by atoms with E-state index in [1.54, 1.807) is 0 Å². The molecule has 1 aliphatic carbocycles. The fraction of sp³-hybridized carbons (Fsp3) is 0.667. The first-order valence-electron chi connectivity index (χ1n) is 7.86. The van der Waals surface area contributed by atoms with Crippen molar-refractivity contribution in [1.82, 2.24) is 0 Å². The van der Waals surface area contributed by atoms with Gasteiger partial charge in [0.2, 0.25) is 0 Å². The summed E-state index contributed by atoms with van der Waals surface area (Å²) < 4.78 is 0. The molecule has 0 bridgehead atoms. The molecular weight excluding hydrogens is 230 g/mol. The molecule has 19 heavy (non-hydrogen) atoms. The van der Waals surface area contributed by atoms with Crippen LogP contribution in [0.15, 0.2) is 12.1 Å². The molecule has 1 aliphatic rings. The van der Waals surface area contributed by atoms with Gasteiger partial charge in [-0.05, 0) is 74.1 Å². The zero-order chi connectivity index (χ0) is 14.0. The number of benzene rings is 1. The third kappa shape index (κ3) is 3.20. The normalized spacial score (nSPS) is 27.5. The molecule has 0 aromatic heterocycles. The van der Waals surface area contributed by atoms with Crippen molar-refractivity contribution in [3.8, 4) is 0 Å². The highest BCUT2D eigenvalue weighted by atomic mass is 14.7. The second kappa shape index (κ2) is 6.09. The van der Waals surface area contributed by atoms with E-state index < -0.39 is 0 Å². The average Bonchev–Trinajstić information content (AvgIpc) is 2.37. The van der Waals surface area contributed by atoms with Crippen LogP contribution in [0.5, 0.6) is 0 Å². The monoisotopic (exact) mass is 259 g/mol. The lowest BCUT2D eigenvalue weighted by Gasteiger charge is -2.35. The number of hydrogen-bond donors (Lipinski definition) is 1. The molecule has 0 amide bonds. The van der Waals surface area contributed by atoms with Crippen LogP contribution in [0.4, 0.5) is 0 Å². The van der Waals surface area contributed by atoms with Gasteiger partial charge in [-0.3, -0.25) is 0 Å². The Balaban J connectivity index is 2.25. The fourth-order valence-electron chi connectivity index (χ4n) is 3.69. The molecule has 1 fully saturated rings. The van der Waals surface area contributed by atoms with Crippen molar-refractivity contribution in [3.63, 3.8) is 0 Å². The van der Waals surface area contributed by atoms with Gasteiger partial charge in [0.05, 0.1) is 0 Å². The van der Waals surface area contributed by atoms with E-state index in [2.05, 4.69) is 39.8 Å². The summed E-state index contributed by atoms with van der Waals surface area (Å²) in [5.41, 5.74) is 12.2. The van der Waals surface area contributed by atoms with Crippen molar-refractivity contribution >= 4 is 0 Å². The first-order chi connectivity index (χ1) is 9.02. The van der Waals surface area contributed by atoms with Crippen molar-refractivity contribution in [2.24, 2.45) is 11.7 Å². The van der Waals surface area contributed by atoms with Crippen LogP contribution < -0.4 is 5.73 Å². The third-order valence-corrected chi connectivity index (χ3v) is 4.99. The molecule has 1 aromatic rings. The van der Waals surface area contributed by atoms with Gasteiger partial charge >= 0.3 is 0 Å². The maximum absolute atomic E-state index is 6.43. The Labute approximate surface area is 118 Å². The minimum atomic E-state index is 0.355. The molecule has 3 unspecified atom stereocenters. The molecule has 1 heteroatoms. The Morgan fingerprint density at radius 3 is 2.42 bits per heavy atom. The van der Waals surface area contributed by atoms with Crippen molar-refractivity contribution < 1.29 is 0 Å². The molecule has 2 N–H and O–H groups in total. The summed E-state index contributed by atoms with van der Waals surface area (Å²) in [6.07, 6.45) is 6.49. The van der Waals surface area contributed by atoms with Crippen LogP contribution in [0, 0.1) is 26.7 Å². The van der Waals surface area contributed by atoms with E-state index in [0.717, 1.165) is 5.92 Å². The largest absolute Gasteiger partial charge is 0.327 e. The van der Waals surface area contributed by atoms with Crippen LogP contribution in [0.2, 0.25) is 0 Å². The molecule has 106 valence electrons. The molecule has 0 heterocycles. The molecular formula is C18H29N. The van der Waals surface area contributed by atoms with E-state index in [4.69, 9.17) is 5.73 Å². The molecule has 1 nitrogen and oxygen atoms in total. The summed E-state index contributed by atoms with van der Waals surface area (Å²) in [5, 5.41) is 0. The van der Waals surface area contributed by atoms with E-state index in [9.17, 15) is 0 Å². The highest BCUT2D eigenvalue weighted by molar-refractivity contribution is 5.39. The number of rotatable bonds is 3. The standard InChI is InChI=1S/C18H29N/c1-5-6-15-7-8-18(19)17(11-15)16-10-13(3)12(2)9-14(16)4/h9-10,15,17-18H,5-8,11,19H2,1-4H3. The van der Waals surface area contributed by atoms with E-state index in [-0.39, 0.29) is 0 Å². The average molecular weight is 259 g/mol. The summed E-state index contributed by atoms with van der Waals surface area (Å²) in [7, 11) is 0.